The predicted octanol–water partition coefficient (Wildman–Crippen LogP) is 15.2. The number of fused-ring (bicyclic) bond motifs is 18. The predicted molar refractivity (Wildman–Crippen MR) is 280 cm³/mol. The van der Waals surface area contributed by atoms with Gasteiger partial charge in [-0.25, -0.2) is 19.9 Å². The Kier molecular flexibility index (Phi) is 11.3. The molecule has 0 aliphatic heterocycles. The number of thiophene rings is 4. The highest BCUT2D eigenvalue weighted by atomic mass is 35.6. The van der Waals surface area contributed by atoms with Crippen molar-refractivity contribution in [3.63, 3.8) is 0 Å². The van der Waals surface area contributed by atoms with Crippen molar-refractivity contribution in [1.82, 2.24) is 19.9 Å². The second-order valence-electron chi connectivity index (χ2n) is 17.6. The highest BCUT2D eigenvalue weighted by Gasteiger charge is 2.91. The summed E-state index contributed by atoms with van der Waals surface area (Å²) in [6, 6.07) is 29.4. The fourth-order valence-corrected chi connectivity index (χ4v) is 19.1. The highest BCUT2D eigenvalue weighted by Crippen LogP contribution is 2.84. The third-order valence-corrected chi connectivity index (χ3v) is 22.3. The summed E-state index contributed by atoms with van der Waals surface area (Å²) in [6.45, 7) is 0. The number of rotatable bonds is 8. The molecule has 8 aromatic rings. The van der Waals surface area contributed by atoms with E-state index < -0.39 is 35.4 Å². The van der Waals surface area contributed by atoms with Crippen LogP contribution in [0.1, 0.15) is 35.6 Å². The smallest absolute Gasteiger partial charge is 0.219 e. The van der Waals surface area contributed by atoms with Crippen LogP contribution in [0.4, 0.5) is 0 Å². The van der Waals surface area contributed by atoms with Crippen molar-refractivity contribution < 1.29 is 18.9 Å². The van der Waals surface area contributed by atoms with E-state index in [1.807, 2.05) is 12.1 Å². The van der Waals surface area contributed by atoms with Crippen molar-refractivity contribution in [2.75, 3.05) is 28.4 Å². The van der Waals surface area contributed by atoms with Crippen LogP contribution in [-0.2, 0) is 38.4 Å². The molecule has 2 aromatic carbocycles. The molecule has 0 unspecified atom stereocenters. The van der Waals surface area contributed by atoms with Crippen LogP contribution >= 0.6 is 127 Å². The van der Waals surface area contributed by atoms with Gasteiger partial charge < -0.3 is 18.9 Å². The molecule has 0 spiro atoms. The molecule has 0 saturated heterocycles. The van der Waals surface area contributed by atoms with Gasteiger partial charge in [0.1, 0.15) is 19.5 Å². The summed E-state index contributed by atoms with van der Waals surface area (Å²) in [7, 11) is 6.39. The number of hydrogen-bond donors (Lipinski definition) is 0. The first-order valence-electron chi connectivity index (χ1n) is 21.5. The zero-order valence-corrected chi connectivity index (χ0v) is 44.8. The molecule has 3 fully saturated rings. The molecule has 13 rings (SSSR count). The van der Waals surface area contributed by atoms with Gasteiger partial charge >= 0.3 is 0 Å². The van der Waals surface area contributed by atoms with Crippen molar-refractivity contribution in [2.24, 2.45) is 23.7 Å². The van der Waals surface area contributed by atoms with E-state index in [1.165, 1.54) is 19.5 Å². The first kappa shape index (κ1) is 46.8. The molecule has 8 atom stereocenters. The van der Waals surface area contributed by atoms with Crippen LogP contribution in [0.25, 0.3) is 62.5 Å². The van der Waals surface area contributed by atoms with E-state index in [9.17, 15) is 0 Å². The molecule has 0 radical (unpaired) electrons. The summed E-state index contributed by atoms with van der Waals surface area (Å²) < 4.78 is 25.2. The first-order chi connectivity index (χ1) is 32.7. The maximum atomic E-state index is 8.22. The van der Waals surface area contributed by atoms with E-state index in [1.54, 1.807) is 73.8 Å². The van der Waals surface area contributed by atoms with E-state index in [2.05, 4.69) is 83.6 Å². The topological polar surface area (TPSA) is 88.5 Å². The van der Waals surface area contributed by atoms with E-state index in [-0.39, 0.29) is 23.7 Å². The summed E-state index contributed by atoms with van der Waals surface area (Å²) in [5, 5.41) is 4.19. The van der Waals surface area contributed by atoms with Crippen LogP contribution < -0.4 is 0 Å². The van der Waals surface area contributed by atoms with Crippen LogP contribution in [0.15, 0.2) is 95.7 Å². The fraction of sp³-hybridized carbons (Fsp3) is 0.347. The Bertz CT molecular complexity index is 3080. The van der Waals surface area contributed by atoms with Crippen LogP contribution in [-0.4, -0.2) is 64.2 Å². The van der Waals surface area contributed by atoms with Gasteiger partial charge in [-0.1, -0.05) is 59.1 Å². The zero-order valence-electron chi connectivity index (χ0n) is 36.2. The number of alkyl halides is 7. The molecule has 68 heavy (non-hydrogen) atoms. The molecule has 5 aliphatic rings. The lowest BCUT2D eigenvalue weighted by atomic mass is 9.59. The molecular formula is C49H37Cl7N4O4S4. The van der Waals surface area contributed by atoms with Gasteiger partial charge in [0.2, 0.25) is 11.6 Å². The Morgan fingerprint density at radius 3 is 1.09 bits per heavy atom. The van der Waals surface area contributed by atoms with Crippen LogP contribution in [0.5, 0.6) is 0 Å². The van der Waals surface area contributed by atoms with Crippen LogP contribution in [0, 0.1) is 23.7 Å². The Balaban J connectivity index is 0.00000116. The van der Waals surface area contributed by atoms with E-state index in [4.69, 9.17) is 120 Å². The second-order valence-corrected chi connectivity index (χ2v) is 26.0. The molecule has 19 heteroatoms. The minimum absolute atomic E-state index is 0.338. The van der Waals surface area contributed by atoms with E-state index in [0.717, 1.165) is 20.9 Å². The summed E-state index contributed by atoms with van der Waals surface area (Å²) in [6.07, 6.45) is 0.939. The molecule has 8 nitrogen and oxygen atoms in total. The maximum absolute atomic E-state index is 8.22. The van der Waals surface area contributed by atoms with Gasteiger partial charge in [-0.3, -0.25) is 0 Å². The number of nitrogens with zero attached hydrogens (tertiary/aromatic N) is 4. The largest absolute Gasteiger partial charge is 0.349 e. The number of methoxy groups -OCH3 is 4. The Morgan fingerprint density at radius 2 is 0.779 bits per heavy atom. The lowest BCUT2D eigenvalue weighted by Crippen LogP contribution is -2.54. The molecule has 350 valence electrons. The van der Waals surface area contributed by atoms with E-state index in [0.29, 0.717) is 57.7 Å². The van der Waals surface area contributed by atoms with Crippen molar-refractivity contribution in [3.05, 3.63) is 118 Å². The Hall–Kier alpha value is -2.21. The quantitative estimate of drug-likeness (QED) is 0.110. The van der Waals surface area contributed by atoms with Gasteiger partial charge in [0, 0.05) is 57.7 Å². The van der Waals surface area contributed by atoms with Crippen molar-refractivity contribution in [3.8, 4) is 40.4 Å². The van der Waals surface area contributed by atoms with Gasteiger partial charge in [0.15, 0.2) is 4.30 Å². The van der Waals surface area contributed by atoms with Gasteiger partial charge in [0.05, 0.1) is 44.8 Å². The van der Waals surface area contributed by atoms with Gasteiger partial charge in [0.25, 0.3) is 0 Å². The molecule has 6 aromatic heterocycles. The SMILES string of the molecule is COC1(OC)[C@@]2(Cl)c3nc4ccc(-c5ccc(-c6cccs6)s5)cc4nc3[C@]1(Cl)[C@@H]1C[C@H]3[C@@H](C[C@@H]12)[C@@]1(Cl)c2nc4cc(-c5ccc(-c6cccs6)s5)ccc4nc2[C@]3(Cl)C1(OC)OC.ClC(Cl)Cl. The molecular weight excluding hydrogens is 1090 g/mol. The second kappa shape index (κ2) is 16.4. The molecule has 4 bridgehead atoms. The lowest BCUT2D eigenvalue weighted by Gasteiger charge is -2.49. The van der Waals surface area contributed by atoms with Crippen molar-refractivity contribution >= 4 is 149 Å². The third kappa shape index (κ3) is 5.82. The minimum atomic E-state index is -1.54. The van der Waals surface area contributed by atoms with Crippen LogP contribution in [0.3, 0.4) is 0 Å². The fourth-order valence-electron chi connectivity index (χ4n) is 12.7. The Morgan fingerprint density at radius 1 is 0.456 bits per heavy atom. The number of halogens is 7. The standard InChI is InChI=1S/C48H36Cl4N4O4S4.CHCl3/c1-57-47(58-2)43(49)25-21-28-26(22-27(25)45(47,51)41-39(43)53-29-11-9-23(19-31(29)55-41)33-13-15-37(63-33)35-7-5-17-61-35)44(50)40-42(46(28,52)48(44,59-3)60-4)56-32-20-24(10-12-30(32)54-40)34-14-16-38(64-34)36-8-6-18-62-36;2-1(3)4/h5-20,25-28H,21-22H2,1-4H3;1H/t25-,26-,27+,28+,43-,44-,45+,46+;/m0./s1. The molecule has 0 N–H and O–H groups in total. The number of ether oxygens (including phenoxy) is 4. The highest BCUT2D eigenvalue weighted by molar-refractivity contribution is 7.23. The van der Waals surface area contributed by atoms with Crippen LogP contribution in [0.2, 0.25) is 0 Å². The minimum Gasteiger partial charge on any atom is -0.349 e. The Labute approximate surface area is 442 Å². The molecule has 0 amide bonds. The maximum Gasteiger partial charge on any atom is 0.219 e. The lowest BCUT2D eigenvalue weighted by molar-refractivity contribution is -0.241. The monoisotopic (exact) mass is 1120 g/mol. The number of benzene rings is 2. The molecule has 5 aliphatic carbocycles. The summed E-state index contributed by atoms with van der Waals surface area (Å²) in [5.74, 6) is -4.44. The van der Waals surface area contributed by atoms with Crippen molar-refractivity contribution in [1.29, 1.82) is 0 Å². The summed E-state index contributed by atoms with van der Waals surface area (Å²) >= 11 is 54.2. The van der Waals surface area contributed by atoms with Gasteiger partial charge in [-0.15, -0.1) is 91.8 Å². The number of aromatic nitrogens is 4. The zero-order chi connectivity index (χ0) is 47.3. The van der Waals surface area contributed by atoms with E-state index >= 15 is 0 Å². The normalized spacial score (nSPS) is 29.8. The van der Waals surface area contributed by atoms with Crippen molar-refractivity contribution in [2.45, 2.75) is 48.2 Å². The molecule has 3 saturated carbocycles. The molecule has 6 heterocycles. The average Bonchev–Trinajstić information content (AvgIpc) is 4.22. The summed E-state index contributed by atoms with van der Waals surface area (Å²) in [4.78, 5) is 23.0. The summed E-state index contributed by atoms with van der Waals surface area (Å²) in [5.41, 5.74) is 7.08. The average molecular weight is 1120 g/mol. The first-order valence-corrected chi connectivity index (χ1v) is 27.7. The third-order valence-electron chi connectivity index (χ3n) is 15.1. The number of hydrogen-bond acceptors (Lipinski definition) is 12. The van der Waals surface area contributed by atoms with Gasteiger partial charge in [-0.2, -0.15) is 0 Å². The van der Waals surface area contributed by atoms with Gasteiger partial charge in [-0.05, 0) is 119 Å².